The van der Waals surface area contributed by atoms with Gasteiger partial charge in [0.15, 0.2) is 0 Å². The van der Waals surface area contributed by atoms with Gasteiger partial charge in [-0.25, -0.2) is 14.8 Å². The fourth-order valence-electron chi connectivity index (χ4n) is 1.54. The Labute approximate surface area is 96.5 Å². The maximum Gasteiger partial charge on any atom is 0.328 e. The Hall–Kier alpha value is -2.15. The number of H-pyrrole nitrogens is 1. The van der Waals surface area contributed by atoms with E-state index < -0.39 is 18.6 Å². The topological polar surface area (TPSA) is 111 Å². The Kier molecular flexibility index (Phi) is 2.92. The van der Waals surface area contributed by atoms with E-state index >= 15 is 0 Å². The second kappa shape index (κ2) is 4.38. The summed E-state index contributed by atoms with van der Waals surface area (Å²) in [5.41, 5.74) is 1.53. The molecule has 7 heteroatoms. The second-order valence-electron chi connectivity index (χ2n) is 3.65. The third-order valence-electron chi connectivity index (χ3n) is 2.35. The SMILES string of the molecule is Cc1cc2c(NC(CO)C(=O)O)ncnc2[nH]1. The van der Waals surface area contributed by atoms with E-state index in [0.29, 0.717) is 16.9 Å². The van der Waals surface area contributed by atoms with Crippen LogP contribution in [0.3, 0.4) is 0 Å². The molecule has 4 N–H and O–H groups in total. The van der Waals surface area contributed by atoms with Crippen LogP contribution in [0.25, 0.3) is 11.0 Å². The van der Waals surface area contributed by atoms with Crippen molar-refractivity contribution in [1.29, 1.82) is 0 Å². The average molecular weight is 236 g/mol. The van der Waals surface area contributed by atoms with Gasteiger partial charge in [0, 0.05) is 5.69 Å². The summed E-state index contributed by atoms with van der Waals surface area (Å²) < 4.78 is 0. The van der Waals surface area contributed by atoms with Gasteiger partial charge in [0.2, 0.25) is 0 Å². The Bertz CT molecular complexity index is 551. The van der Waals surface area contributed by atoms with Gasteiger partial charge < -0.3 is 20.5 Å². The molecule has 1 atom stereocenters. The number of carbonyl (C=O) groups is 1. The maximum absolute atomic E-state index is 10.8. The number of hydrogen-bond acceptors (Lipinski definition) is 5. The molecular weight excluding hydrogens is 224 g/mol. The van der Waals surface area contributed by atoms with Crippen LogP contribution in [0.4, 0.5) is 5.82 Å². The van der Waals surface area contributed by atoms with Gasteiger partial charge in [-0.15, -0.1) is 0 Å². The Balaban J connectivity index is 2.38. The highest BCUT2D eigenvalue weighted by molar-refractivity contribution is 5.89. The highest BCUT2D eigenvalue weighted by atomic mass is 16.4. The first kappa shape index (κ1) is 11.3. The molecule has 17 heavy (non-hydrogen) atoms. The number of aromatic nitrogens is 3. The van der Waals surface area contributed by atoms with Gasteiger partial charge in [-0.1, -0.05) is 0 Å². The number of hydrogen-bond donors (Lipinski definition) is 4. The van der Waals surface area contributed by atoms with Crippen LogP contribution in [0.15, 0.2) is 12.4 Å². The largest absolute Gasteiger partial charge is 0.480 e. The average Bonchev–Trinajstić information content (AvgIpc) is 2.66. The third kappa shape index (κ3) is 2.18. The maximum atomic E-state index is 10.8. The number of carboxylic acid groups (broad SMARTS) is 1. The van der Waals surface area contributed by atoms with Crippen molar-refractivity contribution in [1.82, 2.24) is 15.0 Å². The van der Waals surface area contributed by atoms with Crippen LogP contribution in [0.5, 0.6) is 0 Å². The van der Waals surface area contributed by atoms with Crippen LogP contribution < -0.4 is 5.32 Å². The molecule has 0 amide bonds. The van der Waals surface area contributed by atoms with Crippen molar-refractivity contribution in [3.05, 3.63) is 18.1 Å². The lowest BCUT2D eigenvalue weighted by atomic mass is 10.3. The molecule has 0 fully saturated rings. The van der Waals surface area contributed by atoms with Gasteiger partial charge in [0.05, 0.1) is 12.0 Å². The van der Waals surface area contributed by atoms with Crippen molar-refractivity contribution in [3.63, 3.8) is 0 Å². The predicted octanol–water partition coefficient (Wildman–Crippen LogP) is 0.124. The Morgan fingerprint density at radius 3 is 3.00 bits per heavy atom. The number of aliphatic hydroxyl groups is 1. The minimum absolute atomic E-state index is 0.390. The lowest BCUT2D eigenvalue weighted by Gasteiger charge is -2.12. The summed E-state index contributed by atoms with van der Waals surface area (Å²) in [6.07, 6.45) is 1.33. The molecule has 2 rings (SSSR count). The third-order valence-corrected chi connectivity index (χ3v) is 2.35. The van der Waals surface area contributed by atoms with Crippen molar-refractivity contribution >= 4 is 22.8 Å². The number of aromatic amines is 1. The molecule has 0 radical (unpaired) electrons. The van der Waals surface area contributed by atoms with Crippen molar-refractivity contribution in [3.8, 4) is 0 Å². The summed E-state index contributed by atoms with van der Waals surface area (Å²) in [5.74, 6) is -0.743. The van der Waals surface area contributed by atoms with Crippen molar-refractivity contribution in [2.24, 2.45) is 0 Å². The summed E-state index contributed by atoms with van der Waals surface area (Å²) in [7, 11) is 0. The summed E-state index contributed by atoms with van der Waals surface area (Å²) in [4.78, 5) is 21.8. The van der Waals surface area contributed by atoms with Crippen LogP contribution in [0.1, 0.15) is 5.69 Å². The number of fused-ring (bicyclic) bond motifs is 1. The first-order valence-corrected chi connectivity index (χ1v) is 5.02. The molecule has 0 aliphatic carbocycles. The molecule has 0 bridgehead atoms. The van der Waals surface area contributed by atoms with Crippen LogP contribution in [-0.4, -0.2) is 43.8 Å². The van der Waals surface area contributed by atoms with E-state index in [2.05, 4.69) is 20.3 Å². The number of anilines is 1. The van der Waals surface area contributed by atoms with Gasteiger partial charge in [0.1, 0.15) is 23.8 Å². The summed E-state index contributed by atoms with van der Waals surface area (Å²) in [6, 6.07) is 0.733. The van der Waals surface area contributed by atoms with Crippen molar-refractivity contribution in [2.75, 3.05) is 11.9 Å². The van der Waals surface area contributed by atoms with Crippen LogP contribution in [-0.2, 0) is 4.79 Å². The van der Waals surface area contributed by atoms with E-state index in [4.69, 9.17) is 10.2 Å². The second-order valence-corrected chi connectivity index (χ2v) is 3.65. The lowest BCUT2D eigenvalue weighted by Crippen LogP contribution is -2.33. The molecular formula is C10H12N4O3. The van der Waals surface area contributed by atoms with Crippen molar-refractivity contribution < 1.29 is 15.0 Å². The van der Waals surface area contributed by atoms with Gasteiger partial charge in [-0.2, -0.15) is 0 Å². The van der Waals surface area contributed by atoms with Gasteiger partial charge >= 0.3 is 5.97 Å². The van der Waals surface area contributed by atoms with E-state index in [9.17, 15) is 4.79 Å². The zero-order valence-corrected chi connectivity index (χ0v) is 9.14. The minimum atomic E-state index is -1.13. The Morgan fingerprint density at radius 2 is 2.35 bits per heavy atom. The number of aliphatic carboxylic acids is 1. The standard InChI is InChI=1S/C10H12N4O3/c1-5-2-6-8(13-5)11-4-12-9(6)14-7(3-15)10(16)17/h2,4,7,15H,3H2,1H3,(H,16,17)(H2,11,12,13,14). The molecule has 2 aromatic rings. The number of nitrogens with zero attached hydrogens (tertiary/aromatic N) is 2. The first-order chi connectivity index (χ1) is 8.11. The number of nitrogens with one attached hydrogen (secondary N) is 2. The summed E-state index contributed by atoms with van der Waals surface area (Å²) >= 11 is 0. The number of carboxylic acids is 1. The highest BCUT2D eigenvalue weighted by Crippen LogP contribution is 2.20. The molecule has 0 spiro atoms. The Morgan fingerprint density at radius 1 is 1.59 bits per heavy atom. The normalized spacial score (nSPS) is 12.6. The molecule has 90 valence electrons. The quantitative estimate of drug-likeness (QED) is 0.600. The molecule has 0 aliphatic rings. The molecule has 1 unspecified atom stereocenters. The monoisotopic (exact) mass is 236 g/mol. The fraction of sp³-hybridized carbons (Fsp3) is 0.300. The molecule has 7 nitrogen and oxygen atoms in total. The summed E-state index contributed by atoms with van der Waals surface area (Å²) in [5, 5.41) is 21.1. The zero-order chi connectivity index (χ0) is 12.4. The van der Waals surface area contributed by atoms with Gasteiger partial charge in [-0.3, -0.25) is 0 Å². The molecule has 0 aromatic carbocycles. The van der Waals surface area contributed by atoms with E-state index in [0.717, 1.165) is 5.69 Å². The van der Waals surface area contributed by atoms with Crippen LogP contribution in [0.2, 0.25) is 0 Å². The summed E-state index contributed by atoms with van der Waals surface area (Å²) in [6.45, 7) is 1.36. The smallest absolute Gasteiger partial charge is 0.328 e. The van der Waals surface area contributed by atoms with E-state index in [1.165, 1.54) is 6.33 Å². The van der Waals surface area contributed by atoms with E-state index in [1.807, 2.05) is 13.0 Å². The highest BCUT2D eigenvalue weighted by Gasteiger charge is 2.18. The zero-order valence-electron chi connectivity index (χ0n) is 9.14. The fourth-order valence-corrected chi connectivity index (χ4v) is 1.54. The molecule has 0 saturated heterocycles. The lowest BCUT2D eigenvalue weighted by molar-refractivity contribution is -0.138. The van der Waals surface area contributed by atoms with Gasteiger partial charge in [-0.05, 0) is 13.0 Å². The van der Waals surface area contributed by atoms with Crippen LogP contribution >= 0.6 is 0 Å². The van der Waals surface area contributed by atoms with Crippen molar-refractivity contribution in [2.45, 2.75) is 13.0 Å². The molecule has 2 heterocycles. The number of aliphatic hydroxyl groups excluding tert-OH is 1. The number of aryl methyl sites for hydroxylation is 1. The van der Waals surface area contributed by atoms with E-state index in [-0.39, 0.29) is 0 Å². The molecule has 0 saturated carbocycles. The van der Waals surface area contributed by atoms with Crippen LogP contribution in [0, 0.1) is 6.92 Å². The molecule has 2 aromatic heterocycles. The predicted molar refractivity (Wildman–Crippen MR) is 60.8 cm³/mol. The molecule has 0 aliphatic heterocycles. The van der Waals surface area contributed by atoms with Gasteiger partial charge in [0.25, 0.3) is 0 Å². The van der Waals surface area contributed by atoms with E-state index in [1.54, 1.807) is 0 Å². The first-order valence-electron chi connectivity index (χ1n) is 5.02. The number of rotatable bonds is 4. The minimum Gasteiger partial charge on any atom is -0.480 e.